The molecule has 7 nitrogen and oxygen atoms in total. The number of benzene rings is 1. The van der Waals surface area contributed by atoms with Gasteiger partial charge in [0.05, 0.1) is 5.69 Å². The predicted molar refractivity (Wildman–Crippen MR) is 108 cm³/mol. The molecule has 3 fully saturated rings. The van der Waals surface area contributed by atoms with Crippen LogP contribution in [-0.2, 0) is 16.1 Å². The summed E-state index contributed by atoms with van der Waals surface area (Å²) in [5, 5.41) is 2.30. The first-order chi connectivity index (χ1) is 14.1. The minimum Gasteiger partial charge on any atom is -0.363 e. The number of likely N-dealkylation sites (tertiary alicyclic amines) is 1. The molecule has 3 atom stereocenters. The van der Waals surface area contributed by atoms with E-state index in [1.165, 1.54) is 11.0 Å². The first-order valence-electron chi connectivity index (χ1n) is 10.6. The van der Waals surface area contributed by atoms with Gasteiger partial charge in [-0.2, -0.15) is 0 Å². The van der Waals surface area contributed by atoms with Gasteiger partial charge in [-0.15, -0.1) is 0 Å². The number of piperazine rings is 1. The Kier molecular flexibility index (Phi) is 4.23. The number of fused-ring (bicyclic) bond motifs is 3. The first-order valence-corrected chi connectivity index (χ1v) is 10.6. The van der Waals surface area contributed by atoms with Gasteiger partial charge >= 0.3 is 0 Å². The Hall–Kier alpha value is -2.48. The molecular formula is C22H27FN4O3. The summed E-state index contributed by atoms with van der Waals surface area (Å²) in [6.45, 7) is 8.59. The van der Waals surface area contributed by atoms with E-state index in [0.717, 1.165) is 25.1 Å². The molecule has 1 aromatic rings. The molecule has 0 aliphatic carbocycles. The quantitative estimate of drug-likeness (QED) is 0.745. The molecule has 1 N–H and O–H groups in total. The number of carbonyl (C=O) groups excluding carboxylic acids is 3. The van der Waals surface area contributed by atoms with Crippen molar-refractivity contribution >= 4 is 23.4 Å². The summed E-state index contributed by atoms with van der Waals surface area (Å²) in [4.78, 5) is 42.6. The Morgan fingerprint density at radius 2 is 1.83 bits per heavy atom. The number of rotatable bonds is 2. The van der Waals surface area contributed by atoms with Gasteiger partial charge in [-0.3, -0.25) is 24.6 Å². The lowest BCUT2D eigenvalue weighted by molar-refractivity contribution is -0.136. The van der Waals surface area contributed by atoms with Crippen LogP contribution in [0.3, 0.4) is 0 Å². The molecule has 0 spiro atoms. The zero-order chi connectivity index (χ0) is 21.4. The van der Waals surface area contributed by atoms with Crippen LogP contribution in [0.4, 0.5) is 10.1 Å². The van der Waals surface area contributed by atoms with Gasteiger partial charge in [-0.05, 0) is 51.3 Å². The zero-order valence-electron chi connectivity index (χ0n) is 17.6. The summed E-state index contributed by atoms with van der Waals surface area (Å²) in [6, 6.07) is 3.11. The fraction of sp³-hybridized carbons (Fsp3) is 0.591. The first kappa shape index (κ1) is 19.5. The minimum absolute atomic E-state index is 0.0941. The van der Waals surface area contributed by atoms with Gasteiger partial charge in [0.2, 0.25) is 11.8 Å². The fourth-order valence-electron chi connectivity index (χ4n) is 5.58. The van der Waals surface area contributed by atoms with Crippen molar-refractivity contribution in [2.24, 2.45) is 0 Å². The van der Waals surface area contributed by atoms with Gasteiger partial charge in [0.25, 0.3) is 5.91 Å². The zero-order valence-corrected chi connectivity index (χ0v) is 17.6. The van der Waals surface area contributed by atoms with Crippen molar-refractivity contribution < 1.29 is 18.8 Å². The second-order valence-electron chi connectivity index (χ2n) is 9.88. The van der Waals surface area contributed by atoms with Gasteiger partial charge < -0.3 is 9.80 Å². The lowest BCUT2D eigenvalue weighted by atomic mass is 10.0. The largest absolute Gasteiger partial charge is 0.363 e. The molecule has 0 unspecified atom stereocenters. The second kappa shape index (κ2) is 6.51. The van der Waals surface area contributed by atoms with Crippen molar-refractivity contribution in [3.05, 3.63) is 29.1 Å². The van der Waals surface area contributed by atoms with Gasteiger partial charge in [0, 0.05) is 49.2 Å². The van der Waals surface area contributed by atoms with E-state index in [0.29, 0.717) is 23.7 Å². The Bertz CT molecular complexity index is 956. The van der Waals surface area contributed by atoms with Crippen LogP contribution in [0, 0.1) is 5.82 Å². The number of hydrogen-bond donors (Lipinski definition) is 1. The van der Waals surface area contributed by atoms with E-state index < -0.39 is 11.9 Å². The molecule has 8 heteroatoms. The molecule has 3 saturated heterocycles. The van der Waals surface area contributed by atoms with Gasteiger partial charge in [0.15, 0.2) is 0 Å². The molecular weight excluding hydrogens is 387 g/mol. The van der Waals surface area contributed by atoms with Crippen LogP contribution >= 0.6 is 0 Å². The van der Waals surface area contributed by atoms with E-state index in [-0.39, 0.29) is 42.2 Å². The molecule has 5 rings (SSSR count). The standard InChI is InChI=1S/C22H27FN4O3/c1-22(2,3)27-11-13-7-14(27)10-25(13)18-6-12-9-26(21(30)15(12)8-16(18)23)17-4-5-19(28)24-20(17)29/h6,8,13-14,17H,4-5,7,9-11H2,1-3H3,(H,24,28,29)/t13-,14-,17-/m0/s1. The normalized spacial score (nSPS) is 29.1. The molecule has 30 heavy (non-hydrogen) atoms. The van der Waals surface area contributed by atoms with Crippen molar-refractivity contribution in [1.82, 2.24) is 15.1 Å². The van der Waals surface area contributed by atoms with E-state index >= 15 is 4.39 Å². The molecule has 0 radical (unpaired) electrons. The lowest BCUT2D eigenvalue weighted by Gasteiger charge is -2.42. The van der Waals surface area contributed by atoms with Gasteiger partial charge in [-0.1, -0.05) is 0 Å². The maximum absolute atomic E-state index is 15.1. The third kappa shape index (κ3) is 2.92. The van der Waals surface area contributed by atoms with E-state index in [4.69, 9.17) is 0 Å². The van der Waals surface area contributed by atoms with E-state index in [2.05, 4.69) is 35.9 Å². The topological polar surface area (TPSA) is 73.0 Å². The number of amides is 3. The Morgan fingerprint density at radius 1 is 1.07 bits per heavy atom. The third-order valence-corrected chi connectivity index (χ3v) is 7.00. The monoisotopic (exact) mass is 414 g/mol. The number of carbonyl (C=O) groups is 3. The lowest BCUT2D eigenvalue weighted by Crippen LogP contribution is -2.53. The van der Waals surface area contributed by atoms with Crippen molar-refractivity contribution in [2.75, 3.05) is 18.0 Å². The Labute approximate surface area is 175 Å². The Morgan fingerprint density at radius 3 is 2.47 bits per heavy atom. The highest BCUT2D eigenvalue weighted by molar-refractivity contribution is 6.05. The van der Waals surface area contributed by atoms with Crippen LogP contribution in [-0.4, -0.2) is 64.3 Å². The second-order valence-corrected chi connectivity index (χ2v) is 9.88. The molecule has 4 aliphatic rings. The van der Waals surface area contributed by atoms with Crippen molar-refractivity contribution in [2.45, 2.75) is 70.2 Å². The molecule has 2 bridgehead atoms. The average molecular weight is 414 g/mol. The third-order valence-electron chi connectivity index (χ3n) is 7.00. The molecule has 0 saturated carbocycles. The van der Waals surface area contributed by atoms with Crippen LogP contribution < -0.4 is 10.2 Å². The van der Waals surface area contributed by atoms with E-state index in [9.17, 15) is 14.4 Å². The molecule has 4 heterocycles. The highest BCUT2D eigenvalue weighted by Crippen LogP contribution is 2.41. The number of hydrogen-bond acceptors (Lipinski definition) is 5. The molecule has 3 amide bonds. The van der Waals surface area contributed by atoms with Crippen LogP contribution in [0.15, 0.2) is 12.1 Å². The predicted octanol–water partition coefficient (Wildman–Crippen LogP) is 1.65. The van der Waals surface area contributed by atoms with Crippen LogP contribution in [0.25, 0.3) is 0 Å². The number of anilines is 1. The van der Waals surface area contributed by atoms with Crippen LogP contribution in [0.1, 0.15) is 56.0 Å². The summed E-state index contributed by atoms with van der Waals surface area (Å²) in [6.07, 6.45) is 1.53. The van der Waals surface area contributed by atoms with Gasteiger partial charge in [0.1, 0.15) is 11.9 Å². The molecule has 4 aliphatic heterocycles. The smallest absolute Gasteiger partial charge is 0.255 e. The summed E-state index contributed by atoms with van der Waals surface area (Å²) in [7, 11) is 0. The highest BCUT2D eigenvalue weighted by atomic mass is 19.1. The minimum atomic E-state index is -0.683. The number of imide groups is 1. The average Bonchev–Trinajstić information content (AvgIpc) is 3.34. The molecule has 0 aromatic heterocycles. The van der Waals surface area contributed by atoms with E-state index in [1.807, 2.05) is 0 Å². The van der Waals surface area contributed by atoms with E-state index in [1.54, 1.807) is 6.07 Å². The van der Waals surface area contributed by atoms with Gasteiger partial charge in [-0.25, -0.2) is 4.39 Å². The number of nitrogens with one attached hydrogen (secondary N) is 1. The summed E-state index contributed by atoms with van der Waals surface area (Å²) >= 11 is 0. The highest BCUT2D eigenvalue weighted by Gasteiger charge is 2.48. The summed E-state index contributed by atoms with van der Waals surface area (Å²) < 4.78 is 15.1. The van der Waals surface area contributed by atoms with Crippen molar-refractivity contribution in [3.8, 4) is 0 Å². The number of nitrogens with zero attached hydrogens (tertiary/aromatic N) is 3. The van der Waals surface area contributed by atoms with Crippen LogP contribution in [0.2, 0.25) is 0 Å². The van der Waals surface area contributed by atoms with Crippen molar-refractivity contribution in [1.29, 1.82) is 0 Å². The molecule has 160 valence electrons. The van der Waals surface area contributed by atoms with Crippen molar-refractivity contribution in [3.63, 3.8) is 0 Å². The Balaban J connectivity index is 1.38. The maximum Gasteiger partial charge on any atom is 0.255 e. The maximum atomic E-state index is 15.1. The van der Waals surface area contributed by atoms with Crippen LogP contribution in [0.5, 0.6) is 0 Å². The number of halogens is 1. The molecule has 1 aromatic carbocycles. The number of piperidine rings is 1. The summed E-state index contributed by atoms with van der Waals surface area (Å²) in [5.74, 6) is -1.50. The summed E-state index contributed by atoms with van der Waals surface area (Å²) in [5.41, 5.74) is 1.71. The SMILES string of the molecule is CC(C)(C)N1C[C@@H]2C[C@H]1CN2c1cc2c(cc1F)C(=O)N([C@H]1CCC(=O)NC1=O)C2. The fourth-order valence-corrected chi connectivity index (χ4v) is 5.58.